The van der Waals surface area contributed by atoms with Crippen molar-refractivity contribution >= 4 is 17.7 Å². The van der Waals surface area contributed by atoms with Crippen LogP contribution in [0.2, 0.25) is 0 Å². The highest BCUT2D eigenvalue weighted by atomic mass is 32.2. The molecule has 130 valence electrons. The van der Waals surface area contributed by atoms with Gasteiger partial charge in [0.15, 0.2) is 0 Å². The highest BCUT2D eigenvalue weighted by Gasteiger charge is 2.47. The number of carboxylic acid groups (broad SMARTS) is 1. The lowest BCUT2D eigenvalue weighted by Gasteiger charge is -2.34. The van der Waals surface area contributed by atoms with Gasteiger partial charge in [0.2, 0.25) is 0 Å². The molecule has 3 aliphatic rings. The molecule has 0 amide bonds. The third-order valence-corrected chi connectivity index (χ3v) is 8.15. The molecule has 3 heteroatoms. The number of aliphatic carboxylic acids is 1. The van der Waals surface area contributed by atoms with E-state index in [0.29, 0.717) is 6.42 Å². The van der Waals surface area contributed by atoms with Gasteiger partial charge in [-0.1, -0.05) is 31.4 Å². The number of fused-ring (bicyclic) bond motifs is 2. The van der Waals surface area contributed by atoms with E-state index in [2.05, 4.69) is 23.9 Å². The second-order valence-corrected chi connectivity index (χ2v) is 9.33. The predicted octanol–water partition coefficient (Wildman–Crippen LogP) is 5.67. The maximum absolute atomic E-state index is 10.5. The van der Waals surface area contributed by atoms with Gasteiger partial charge < -0.3 is 5.11 Å². The molecular formula is C20H32O2S. The van der Waals surface area contributed by atoms with Gasteiger partial charge in [0.25, 0.3) is 0 Å². The predicted molar refractivity (Wildman–Crippen MR) is 97.8 cm³/mol. The first-order chi connectivity index (χ1) is 11.2. The largest absolute Gasteiger partial charge is 0.481 e. The summed E-state index contributed by atoms with van der Waals surface area (Å²) in [6, 6.07) is 0. The molecular weight excluding hydrogens is 304 g/mol. The highest BCUT2D eigenvalue weighted by Crippen LogP contribution is 2.56. The fraction of sp³-hybridized carbons (Fsp3) is 0.850. The lowest BCUT2D eigenvalue weighted by atomic mass is 9.86. The van der Waals surface area contributed by atoms with Gasteiger partial charge in [0.1, 0.15) is 0 Å². The SMILES string of the molecule is O=C(O)CCC/C=C\C[C@H]1[C@H]2CC[C@H](C2)[C@H]1SC1CCCCC1. The molecule has 0 unspecified atom stereocenters. The van der Waals surface area contributed by atoms with E-state index in [1.165, 1.54) is 57.8 Å². The lowest BCUT2D eigenvalue weighted by molar-refractivity contribution is -0.137. The Morgan fingerprint density at radius 1 is 1.04 bits per heavy atom. The van der Waals surface area contributed by atoms with E-state index in [1.54, 1.807) is 0 Å². The summed E-state index contributed by atoms with van der Waals surface area (Å²) in [6.45, 7) is 0. The van der Waals surface area contributed by atoms with Crippen molar-refractivity contribution in [3.8, 4) is 0 Å². The van der Waals surface area contributed by atoms with Crippen LogP contribution >= 0.6 is 11.8 Å². The minimum absolute atomic E-state index is 0.304. The first-order valence-electron chi connectivity index (χ1n) is 9.76. The van der Waals surface area contributed by atoms with Crippen molar-refractivity contribution in [1.29, 1.82) is 0 Å². The lowest BCUT2D eigenvalue weighted by Crippen LogP contribution is -2.27. The van der Waals surface area contributed by atoms with Crippen LogP contribution < -0.4 is 0 Å². The maximum atomic E-state index is 10.5. The molecule has 0 aliphatic heterocycles. The summed E-state index contributed by atoms with van der Waals surface area (Å²) in [5.74, 6) is 2.20. The van der Waals surface area contributed by atoms with Crippen molar-refractivity contribution in [2.24, 2.45) is 17.8 Å². The zero-order valence-corrected chi connectivity index (χ0v) is 15.1. The van der Waals surface area contributed by atoms with Gasteiger partial charge in [-0.3, -0.25) is 4.79 Å². The van der Waals surface area contributed by atoms with Crippen LogP contribution in [-0.2, 0) is 4.79 Å². The number of carboxylic acids is 1. The fourth-order valence-corrected chi connectivity index (χ4v) is 7.12. The second kappa shape index (κ2) is 8.60. The van der Waals surface area contributed by atoms with Crippen LogP contribution in [-0.4, -0.2) is 21.6 Å². The molecule has 0 aromatic heterocycles. The van der Waals surface area contributed by atoms with Gasteiger partial charge in [-0.2, -0.15) is 11.8 Å². The van der Waals surface area contributed by atoms with Crippen LogP contribution in [0.25, 0.3) is 0 Å². The summed E-state index contributed by atoms with van der Waals surface area (Å²) in [5.41, 5.74) is 0. The van der Waals surface area contributed by atoms with E-state index in [0.717, 1.165) is 41.1 Å². The van der Waals surface area contributed by atoms with Crippen molar-refractivity contribution in [3.63, 3.8) is 0 Å². The summed E-state index contributed by atoms with van der Waals surface area (Å²) < 4.78 is 0. The number of hydrogen-bond donors (Lipinski definition) is 1. The molecule has 0 spiro atoms. The van der Waals surface area contributed by atoms with Gasteiger partial charge >= 0.3 is 5.97 Å². The van der Waals surface area contributed by atoms with E-state index < -0.39 is 5.97 Å². The first kappa shape index (κ1) is 17.4. The molecule has 0 aromatic carbocycles. The number of rotatable bonds is 8. The minimum atomic E-state index is -0.671. The topological polar surface area (TPSA) is 37.3 Å². The van der Waals surface area contributed by atoms with E-state index in [9.17, 15) is 4.79 Å². The van der Waals surface area contributed by atoms with Crippen LogP contribution in [0, 0.1) is 17.8 Å². The molecule has 1 N–H and O–H groups in total. The number of hydrogen-bond acceptors (Lipinski definition) is 2. The van der Waals surface area contributed by atoms with Gasteiger partial charge in [-0.15, -0.1) is 0 Å². The van der Waals surface area contributed by atoms with Crippen LogP contribution in [0.1, 0.15) is 77.0 Å². The number of unbranched alkanes of at least 4 members (excludes halogenated alkanes) is 1. The summed E-state index contributed by atoms with van der Waals surface area (Å²) in [4.78, 5) is 10.5. The third-order valence-electron chi connectivity index (χ3n) is 6.24. The Kier molecular flexibility index (Phi) is 6.50. The van der Waals surface area contributed by atoms with Crippen LogP contribution in [0.3, 0.4) is 0 Å². The molecule has 0 radical (unpaired) electrons. The molecule has 4 atom stereocenters. The Morgan fingerprint density at radius 2 is 1.83 bits per heavy atom. The molecule has 3 fully saturated rings. The number of allylic oxidation sites excluding steroid dienone is 2. The van der Waals surface area contributed by atoms with Crippen molar-refractivity contribution in [3.05, 3.63) is 12.2 Å². The van der Waals surface area contributed by atoms with E-state index in [1.807, 2.05) is 0 Å². The first-order valence-corrected chi connectivity index (χ1v) is 10.7. The molecule has 23 heavy (non-hydrogen) atoms. The average molecular weight is 337 g/mol. The van der Waals surface area contributed by atoms with Crippen molar-refractivity contribution in [2.45, 2.75) is 87.5 Å². The average Bonchev–Trinajstić information content (AvgIpc) is 3.14. The third kappa shape index (κ3) is 4.78. The van der Waals surface area contributed by atoms with Crippen molar-refractivity contribution in [2.75, 3.05) is 0 Å². The summed E-state index contributed by atoms with van der Waals surface area (Å²) in [7, 11) is 0. The fourth-order valence-electron chi connectivity index (χ4n) is 5.06. The highest BCUT2D eigenvalue weighted by molar-refractivity contribution is 8.00. The molecule has 2 bridgehead atoms. The standard InChI is InChI=1S/C20H32O2S/c21-19(22)11-7-2-1-6-10-18-15-12-13-16(14-15)20(18)23-17-8-4-3-5-9-17/h1,6,15-18,20H,2-5,7-14H2,(H,21,22)/b6-1-/t15-,16+,18-,20+/m0/s1. The minimum Gasteiger partial charge on any atom is -0.481 e. The van der Waals surface area contributed by atoms with Crippen molar-refractivity contribution < 1.29 is 9.90 Å². The smallest absolute Gasteiger partial charge is 0.303 e. The Hall–Kier alpha value is -0.440. The molecule has 3 rings (SSSR count). The molecule has 2 nitrogen and oxygen atoms in total. The van der Waals surface area contributed by atoms with E-state index in [4.69, 9.17) is 5.11 Å². The van der Waals surface area contributed by atoms with Gasteiger partial charge in [-0.25, -0.2) is 0 Å². The zero-order valence-electron chi connectivity index (χ0n) is 14.3. The number of thioether (sulfide) groups is 1. The summed E-state index contributed by atoms with van der Waals surface area (Å²) >= 11 is 2.36. The zero-order chi connectivity index (χ0) is 16.1. The van der Waals surface area contributed by atoms with Crippen LogP contribution in [0.5, 0.6) is 0 Å². The van der Waals surface area contributed by atoms with Crippen LogP contribution in [0.4, 0.5) is 0 Å². The summed E-state index contributed by atoms with van der Waals surface area (Å²) in [6.07, 6.45) is 19.5. The second-order valence-electron chi connectivity index (χ2n) is 7.85. The van der Waals surface area contributed by atoms with Crippen molar-refractivity contribution in [1.82, 2.24) is 0 Å². The van der Waals surface area contributed by atoms with Gasteiger partial charge in [-0.05, 0) is 69.1 Å². The Morgan fingerprint density at radius 3 is 2.61 bits per heavy atom. The van der Waals surface area contributed by atoms with Gasteiger partial charge in [0, 0.05) is 16.9 Å². The molecule has 0 aromatic rings. The van der Waals surface area contributed by atoms with Gasteiger partial charge in [0.05, 0.1) is 0 Å². The van der Waals surface area contributed by atoms with E-state index in [-0.39, 0.29) is 0 Å². The molecule has 3 saturated carbocycles. The molecule has 3 aliphatic carbocycles. The molecule has 0 heterocycles. The van der Waals surface area contributed by atoms with Crippen LogP contribution in [0.15, 0.2) is 12.2 Å². The Labute approximate surface area is 145 Å². The Bertz CT molecular complexity index is 414. The Balaban J connectivity index is 1.46. The summed E-state index contributed by atoms with van der Waals surface area (Å²) in [5, 5.41) is 10.5. The number of carbonyl (C=O) groups is 1. The van der Waals surface area contributed by atoms with E-state index >= 15 is 0 Å². The molecule has 0 saturated heterocycles. The monoisotopic (exact) mass is 336 g/mol. The normalized spacial score (nSPS) is 34.4. The maximum Gasteiger partial charge on any atom is 0.303 e. The quantitative estimate of drug-likeness (QED) is 0.458.